The summed E-state index contributed by atoms with van der Waals surface area (Å²) >= 11 is 1.64. The minimum Gasteiger partial charge on any atom is -0.469 e. The van der Waals surface area contributed by atoms with E-state index < -0.39 is 0 Å². The molecule has 23 heavy (non-hydrogen) atoms. The molecule has 0 bridgehead atoms. The first-order valence-corrected chi connectivity index (χ1v) is 8.80. The predicted octanol–water partition coefficient (Wildman–Crippen LogP) is 2.89. The summed E-state index contributed by atoms with van der Waals surface area (Å²) in [7, 11) is 0. The summed E-state index contributed by atoms with van der Waals surface area (Å²) in [4.78, 5) is 19.6. The number of furan rings is 1. The first-order valence-electron chi connectivity index (χ1n) is 7.98. The Kier molecular flexibility index (Phi) is 3.79. The molecular weight excluding hydrogens is 310 g/mol. The van der Waals surface area contributed by atoms with Crippen molar-refractivity contribution in [3.05, 3.63) is 51.3 Å². The van der Waals surface area contributed by atoms with Crippen molar-refractivity contribution in [1.29, 1.82) is 0 Å². The summed E-state index contributed by atoms with van der Waals surface area (Å²) in [5, 5.41) is 4.19. The second-order valence-electron chi connectivity index (χ2n) is 6.03. The molecule has 0 radical (unpaired) electrons. The fourth-order valence-electron chi connectivity index (χ4n) is 3.19. The number of fused-ring (bicyclic) bond motifs is 3. The smallest absolute Gasteiger partial charge is 0.262 e. The van der Waals surface area contributed by atoms with Crippen LogP contribution < -0.4 is 10.9 Å². The van der Waals surface area contributed by atoms with Crippen molar-refractivity contribution >= 4 is 21.6 Å². The number of hydrogen-bond acceptors (Lipinski definition) is 5. The normalized spacial score (nSPS) is 15.7. The lowest BCUT2D eigenvalue weighted by Gasteiger charge is -2.15. The standard InChI is InChI=1S/C17H19N3O2S/c1-11(4-5-12-3-2-8-22-12)20-10-19-16-15(17(20)21)13-6-7-18-9-14(13)23-16/h2-3,8,10-11,18H,4-7,9H2,1H3/t11-/m1/s1. The Hall–Kier alpha value is -1.92. The van der Waals surface area contributed by atoms with Crippen molar-refractivity contribution in [3.63, 3.8) is 0 Å². The summed E-state index contributed by atoms with van der Waals surface area (Å²) < 4.78 is 7.15. The highest BCUT2D eigenvalue weighted by Crippen LogP contribution is 2.30. The largest absolute Gasteiger partial charge is 0.469 e. The van der Waals surface area contributed by atoms with Crippen LogP contribution in [0.4, 0.5) is 0 Å². The molecule has 0 amide bonds. The molecule has 1 atom stereocenters. The van der Waals surface area contributed by atoms with Gasteiger partial charge in [0.2, 0.25) is 0 Å². The summed E-state index contributed by atoms with van der Waals surface area (Å²) in [6.45, 7) is 3.85. The van der Waals surface area contributed by atoms with E-state index in [2.05, 4.69) is 17.2 Å². The molecule has 0 fully saturated rings. The molecule has 6 heteroatoms. The van der Waals surface area contributed by atoms with Crippen LogP contribution in [-0.4, -0.2) is 16.1 Å². The number of thiophene rings is 1. The first-order chi connectivity index (χ1) is 11.2. The summed E-state index contributed by atoms with van der Waals surface area (Å²) in [5.74, 6) is 0.956. The maximum atomic E-state index is 13.0. The average Bonchev–Trinajstić information content (AvgIpc) is 3.20. The molecule has 4 rings (SSSR count). The maximum absolute atomic E-state index is 13.0. The van der Waals surface area contributed by atoms with Gasteiger partial charge in [-0.3, -0.25) is 9.36 Å². The molecule has 3 aromatic rings. The van der Waals surface area contributed by atoms with E-state index in [4.69, 9.17) is 4.42 Å². The van der Waals surface area contributed by atoms with E-state index in [0.29, 0.717) is 0 Å². The highest BCUT2D eigenvalue weighted by atomic mass is 32.1. The van der Waals surface area contributed by atoms with Crippen LogP contribution in [0, 0.1) is 0 Å². The Morgan fingerprint density at radius 3 is 3.26 bits per heavy atom. The Morgan fingerprint density at radius 2 is 2.43 bits per heavy atom. The monoisotopic (exact) mass is 329 g/mol. The summed E-state index contributed by atoms with van der Waals surface area (Å²) in [6.07, 6.45) is 5.98. The molecule has 0 unspecified atom stereocenters. The van der Waals surface area contributed by atoms with Crippen molar-refractivity contribution in [3.8, 4) is 0 Å². The Balaban J connectivity index is 1.67. The van der Waals surface area contributed by atoms with Crippen LogP contribution in [-0.2, 0) is 19.4 Å². The van der Waals surface area contributed by atoms with Gasteiger partial charge in [0.1, 0.15) is 10.6 Å². The molecule has 0 saturated carbocycles. The van der Waals surface area contributed by atoms with Crippen LogP contribution in [0.1, 0.15) is 35.6 Å². The first kappa shape index (κ1) is 14.7. The number of nitrogens with zero attached hydrogens (tertiary/aromatic N) is 2. The van der Waals surface area contributed by atoms with Crippen molar-refractivity contribution in [2.75, 3.05) is 6.54 Å². The molecule has 120 valence electrons. The van der Waals surface area contributed by atoms with E-state index in [-0.39, 0.29) is 11.6 Å². The van der Waals surface area contributed by atoms with Crippen LogP contribution in [0.25, 0.3) is 10.2 Å². The van der Waals surface area contributed by atoms with Gasteiger partial charge in [0.15, 0.2) is 0 Å². The molecule has 0 aromatic carbocycles. The van der Waals surface area contributed by atoms with E-state index in [1.165, 1.54) is 10.4 Å². The number of nitrogens with one attached hydrogen (secondary N) is 1. The van der Waals surface area contributed by atoms with Crippen LogP contribution in [0.15, 0.2) is 33.9 Å². The number of rotatable bonds is 4. The quantitative estimate of drug-likeness (QED) is 0.799. The third-order valence-corrected chi connectivity index (χ3v) is 5.66. The van der Waals surface area contributed by atoms with Crippen LogP contribution in [0.5, 0.6) is 0 Å². The molecule has 3 aromatic heterocycles. The second kappa shape index (κ2) is 5.94. The van der Waals surface area contributed by atoms with E-state index >= 15 is 0 Å². The topological polar surface area (TPSA) is 60.1 Å². The molecule has 5 nitrogen and oxygen atoms in total. The van der Waals surface area contributed by atoms with Crippen molar-refractivity contribution < 1.29 is 4.42 Å². The fourth-order valence-corrected chi connectivity index (χ4v) is 4.33. The van der Waals surface area contributed by atoms with Gasteiger partial charge >= 0.3 is 0 Å². The van der Waals surface area contributed by atoms with Gasteiger partial charge in [0.05, 0.1) is 18.0 Å². The van der Waals surface area contributed by atoms with Gasteiger partial charge in [-0.15, -0.1) is 11.3 Å². The minimum absolute atomic E-state index is 0.0985. The molecule has 1 N–H and O–H groups in total. The van der Waals surface area contributed by atoms with Gasteiger partial charge in [0, 0.05) is 23.9 Å². The van der Waals surface area contributed by atoms with Crippen LogP contribution in [0.2, 0.25) is 0 Å². The lowest BCUT2D eigenvalue weighted by molar-refractivity contribution is 0.444. The van der Waals surface area contributed by atoms with Gasteiger partial charge < -0.3 is 9.73 Å². The zero-order chi connectivity index (χ0) is 15.8. The molecule has 4 heterocycles. The van der Waals surface area contributed by atoms with Gasteiger partial charge in [-0.25, -0.2) is 4.98 Å². The fraction of sp³-hybridized carbons (Fsp3) is 0.412. The third kappa shape index (κ3) is 2.62. The SMILES string of the molecule is C[C@H](CCc1ccco1)n1cnc2sc3c(c2c1=O)CCNC3. The molecular formula is C17H19N3O2S. The summed E-state index contributed by atoms with van der Waals surface area (Å²) in [5.41, 5.74) is 1.30. The molecule has 0 spiro atoms. The third-order valence-electron chi connectivity index (χ3n) is 4.52. The maximum Gasteiger partial charge on any atom is 0.262 e. The van der Waals surface area contributed by atoms with Gasteiger partial charge in [-0.05, 0) is 44.0 Å². The zero-order valence-corrected chi connectivity index (χ0v) is 13.9. The van der Waals surface area contributed by atoms with E-state index in [1.54, 1.807) is 28.5 Å². The van der Waals surface area contributed by atoms with Gasteiger partial charge in [-0.1, -0.05) is 0 Å². The Bertz CT molecular complexity index is 879. The van der Waals surface area contributed by atoms with Gasteiger partial charge in [-0.2, -0.15) is 0 Å². The lowest BCUT2D eigenvalue weighted by atomic mass is 10.1. The Morgan fingerprint density at radius 1 is 1.52 bits per heavy atom. The lowest BCUT2D eigenvalue weighted by Crippen LogP contribution is -2.26. The highest BCUT2D eigenvalue weighted by molar-refractivity contribution is 7.18. The molecule has 0 saturated heterocycles. The Labute approximate surface area is 138 Å². The van der Waals surface area contributed by atoms with Crippen LogP contribution >= 0.6 is 11.3 Å². The zero-order valence-electron chi connectivity index (χ0n) is 13.0. The van der Waals surface area contributed by atoms with Crippen molar-refractivity contribution in [2.45, 2.75) is 38.8 Å². The van der Waals surface area contributed by atoms with Crippen LogP contribution in [0.3, 0.4) is 0 Å². The number of aromatic nitrogens is 2. The molecule has 1 aliphatic rings. The highest BCUT2D eigenvalue weighted by Gasteiger charge is 2.20. The molecule has 1 aliphatic heterocycles. The van der Waals surface area contributed by atoms with Crippen molar-refractivity contribution in [2.24, 2.45) is 0 Å². The number of aryl methyl sites for hydroxylation is 1. The van der Waals surface area contributed by atoms with E-state index in [0.717, 1.165) is 48.3 Å². The van der Waals surface area contributed by atoms with Crippen molar-refractivity contribution in [1.82, 2.24) is 14.9 Å². The molecule has 0 aliphatic carbocycles. The van der Waals surface area contributed by atoms with Gasteiger partial charge in [0.25, 0.3) is 5.56 Å². The second-order valence-corrected chi connectivity index (χ2v) is 7.12. The van der Waals surface area contributed by atoms with E-state index in [1.807, 2.05) is 12.1 Å². The predicted molar refractivity (Wildman–Crippen MR) is 91.0 cm³/mol. The minimum atomic E-state index is 0.0985. The average molecular weight is 329 g/mol. The summed E-state index contributed by atoms with van der Waals surface area (Å²) in [6, 6.07) is 3.96. The van der Waals surface area contributed by atoms with E-state index in [9.17, 15) is 4.79 Å². The number of hydrogen-bond donors (Lipinski definition) is 1.